The molecule has 2 aromatic carbocycles. The van der Waals surface area contributed by atoms with E-state index in [4.69, 9.17) is 11.6 Å². The number of aromatic nitrogens is 4. The summed E-state index contributed by atoms with van der Waals surface area (Å²) in [6.07, 6.45) is 1.43. The van der Waals surface area contributed by atoms with Crippen LogP contribution < -0.4 is 10.9 Å². The molecule has 3 heterocycles. The fourth-order valence-electron chi connectivity index (χ4n) is 3.58. The van der Waals surface area contributed by atoms with E-state index in [1.807, 2.05) is 6.07 Å². The minimum Gasteiger partial charge on any atom is -0.326 e. The molecule has 1 N–H and O–H groups in total. The topological polar surface area (TPSA) is 81.8 Å². The molecule has 11 heteroatoms. The maximum Gasteiger partial charge on any atom is 0.265 e. The molecule has 162 valence electrons. The fraction of sp³-hybridized carbons (Fsp3) is 0.143. The number of carbonyl (C=O) groups is 1. The van der Waals surface area contributed by atoms with E-state index in [1.54, 1.807) is 22.9 Å². The lowest BCUT2D eigenvalue weighted by atomic mass is 10.2. The van der Waals surface area contributed by atoms with Gasteiger partial charge in [0.2, 0.25) is 5.91 Å². The Bertz CT molecular complexity index is 1440. The van der Waals surface area contributed by atoms with Gasteiger partial charge in [-0.15, -0.1) is 0 Å². The first-order chi connectivity index (χ1) is 15.4. The number of amides is 1. The van der Waals surface area contributed by atoms with Crippen molar-refractivity contribution in [1.29, 1.82) is 0 Å². The molecule has 1 aliphatic heterocycles. The van der Waals surface area contributed by atoms with Crippen molar-refractivity contribution in [2.24, 2.45) is 0 Å². The molecule has 0 saturated heterocycles. The van der Waals surface area contributed by atoms with Gasteiger partial charge in [-0.1, -0.05) is 29.4 Å². The minimum absolute atomic E-state index is 0.0193. The van der Waals surface area contributed by atoms with Gasteiger partial charge in [-0.2, -0.15) is 5.10 Å². The first-order valence-corrected chi connectivity index (χ1v) is 10.9. The van der Waals surface area contributed by atoms with Crippen molar-refractivity contribution < 1.29 is 13.6 Å². The second kappa shape index (κ2) is 8.03. The van der Waals surface area contributed by atoms with E-state index < -0.39 is 23.6 Å². The van der Waals surface area contributed by atoms with Crippen LogP contribution >= 0.6 is 23.4 Å². The predicted molar refractivity (Wildman–Crippen MR) is 118 cm³/mol. The van der Waals surface area contributed by atoms with Crippen LogP contribution in [0.4, 0.5) is 14.5 Å². The fourth-order valence-corrected chi connectivity index (χ4v) is 4.89. The molecule has 1 atom stereocenters. The Labute approximate surface area is 189 Å². The van der Waals surface area contributed by atoms with Crippen LogP contribution in [0.5, 0.6) is 0 Å². The Morgan fingerprint density at radius 1 is 1.22 bits per heavy atom. The normalized spacial score (nSPS) is 15.2. The third-order valence-electron chi connectivity index (χ3n) is 5.05. The molecular weight excluding hydrogens is 460 g/mol. The van der Waals surface area contributed by atoms with Gasteiger partial charge in [0.25, 0.3) is 5.56 Å². The van der Waals surface area contributed by atoms with Crippen LogP contribution in [-0.4, -0.2) is 31.0 Å². The molecule has 32 heavy (non-hydrogen) atoms. The van der Waals surface area contributed by atoms with Crippen molar-refractivity contribution in [3.8, 4) is 5.69 Å². The number of rotatable bonds is 4. The molecule has 0 aliphatic carbocycles. The average Bonchev–Trinajstić information content (AvgIpc) is 3.36. The van der Waals surface area contributed by atoms with E-state index in [0.717, 1.165) is 12.1 Å². The van der Waals surface area contributed by atoms with E-state index in [2.05, 4.69) is 15.4 Å². The number of nitrogens with one attached hydrogen (secondary N) is 1. The van der Waals surface area contributed by atoms with E-state index in [0.29, 0.717) is 32.7 Å². The van der Waals surface area contributed by atoms with Gasteiger partial charge in [-0.3, -0.25) is 14.2 Å². The molecule has 1 unspecified atom stereocenters. The van der Waals surface area contributed by atoms with Gasteiger partial charge in [-0.05, 0) is 30.3 Å². The predicted octanol–water partition coefficient (Wildman–Crippen LogP) is 4.19. The summed E-state index contributed by atoms with van der Waals surface area (Å²) in [5, 5.41) is 8.17. The van der Waals surface area contributed by atoms with E-state index in [-0.39, 0.29) is 17.7 Å². The zero-order valence-electron chi connectivity index (χ0n) is 16.3. The lowest BCUT2D eigenvalue weighted by Crippen LogP contribution is -2.27. The third kappa shape index (κ3) is 3.65. The van der Waals surface area contributed by atoms with Crippen LogP contribution in [0.15, 0.2) is 58.6 Å². The molecule has 2 aromatic heterocycles. The number of benzene rings is 2. The lowest BCUT2D eigenvalue weighted by Gasteiger charge is -2.13. The number of halogens is 3. The molecule has 0 bridgehead atoms. The number of carbonyl (C=O) groups excluding carboxylic acids is 1. The Balaban J connectivity index is 1.44. The Morgan fingerprint density at radius 2 is 2.06 bits per heavy atom. The summed E-state index contributed by atoms with van der Waals surface area (Å²) in [6.45, 7) is 0. The second-order valence-electron chi connectivity index (χ2n) is 7.19. The van der Waals surface area contributed by atoms with Crippen LogP contribution in [-0.2, 0) is 4.79 Å². The maximum absolute atomic E-state index is 13.4. The maximum atomic E-state index is 13.4. The summed E-state index contributed by atoms with van der Waals surface area (Å²) in [5.41, 5.74) is 0.926. The molecule has 4 aromatic rings. The van der Waals surface area contributed by atoms with Crippen LogP contribution in [0.25, 0.3) is 16.7 Å². The van der Waals surface area contributed by atoms with Crippen LogP contribution in [0.2, 0.25) is 5.02 Å². The Hall–Kier alpha value is -3.24. The molecule has 5 rings (SSSR count). The van der Waals surface area contributed by atoms with Gasteiger partial charge >= 0.3 is 0 Å². The summed E-state index contributed by atoms with van der Waals surface area (Å²) < 4.78 is 29.5. The first kappa shape index (κ1) is 20.7. The van der Waals surface area contributed by atoms with Crippen LogP contribution in [0.3, 0.4) is 0 Å². The molecule has 0 fully saturated rings. The quantitative estimate of drug-likeness (QED) is 0.449. The van der Waals surface area contributed by atoms with Crippen molar-refractivity contribution in [2.45, 2.75) is 17.6 Å². The van der Waals surface area contributed by atoms with Crippen molar-refractivity contribution in [3.63, 3.8) is 0 Å². The third-order valence-corrected chi connectivity index (χ3v) is 6.38. The minimum atomic E-state index is -1.05. The zero-order chi connectivity index (χ0) is 22.4. The Kier molecular flexibility index (Phi) is 5.18. The number of thioether (sulfide) groups is 1. The second-order valence-corrected chi connectivity index (χ2v) is 8.61. The molecule has 1 amide bonds. The van der Waals surface area contributed by atoms with Gasteiger partial charge in [0.05, 0.1) is 17.9 Å². The molecule has 0 saturated carbocycles. The van der Waals surface area contributed by atoms with Gasteiger partial charge in [0.1, 0.15) is 5.39 Å². The van der Waals surface area contributed by atoms with Gasteiger partial charge in [-0.25, -0.2) is 18.4 Å². The van der Waals surface area contributed by atoms with Crippen LogP contribution in [0.1, 0.15) is 12.5 Å². The summed E-state index contributed by atoms with van der Waals surface area (Å²) in [6, 6.07) is 9.74. The molecule has 0 spiro atoms. The summed E-state index contributed by atoms with van der Waals surface area (Å²) >= 11 is 7.43. The summed E-state index contributed by atoms with van der Waals surface area (Å²) in [4.78, 5) is 30.2. The summed E-state index contributed by atoms with van der Waals surface area (Å²) in [7, 11) is 0. The number of anilines is 1. The average molecular weight is 474 g/mol. The highest BCUT2D eigenvalue weighted by molar-refractivity contribution is 7.99. The van der Waals surface area contributed by atoms with Crippen molar-refractivity contribution in [1.82, 2.24) is 19.3 Å². The monoisotopic (exact) mass is 473 g/mol. The number of hydrogen-bond acceptors (Lipinski definition) is 5. The first-order valence-electron chi connectivity index (χ1n) is 9.54. The number of fused-ring (bicyclic) bond motifs is 2. The van der Waals surface area contributed by atoms with E-state index in [1.165, 1.54) is 28.6 Å². The number of nitrogens with zero attached hydrogens (tertiary/aromatic N) is 4. The van der Waals surface area contributed by atoms with Gasteiger partial charge in [0.15, 0.2) is 22.4 Å². The van der Waals surface area contributed by atoms with Gasteiger partial charge < -0.3 is 5.32 Å². The smallest absolute Gasteiger partial charge is 0.265 e. The highest BCUT2D eigenvalue weighted by Gasteiger charge is 2.29. The standard InChI is InChI=1S/C21H14ClF2N5O2S/c22-11-2-1-3-13(6-11)29-19-15(9-25-29)20(31)28-14(10-32-21(28)27-19)8-18(30)26-12-4-5-16(23)17(24)7-12/h1-7,9,14H,8,10H2,(H,26,30). The van der Waals surface area contributed by atoms with E-state index in [9.17, 15) is 18.4 Å². The Morgan fingerprint density at radius 3 is 2.84 bits per heavy atom. The molecule has 1 aliphatic rings. The van der Waals surface area contributed by atoms with Gasteiger partial charge in [0, 0.05) is 29.0 Å². The van der Waals surface area contributed by atoms with Crippen molar-refractivity contribution in [3.05, 3.63) is 75.7 Å². The highest BCUT2D eigenvalue weighted by atomic mass is 35.5. The highest BCUT2D eigenvalue weighted by Crippen LogP contribution is 2.33. The molecule has 0 radical (unpaired) electrons. The largest absolute Gasteiger partial charge is 0.326 e. The van der Waals surface area contributed by atoms with E-state index >= 15 is 0 Å². The van der Waals surface area contributed by atoms with Crippen molar-refractivity contribution in [2.75, 3.05) is 11.1 Å². The molecular formula is C21H14ClF2N5O2S. The van der Waals surface area contributed by atoms with Crippen LogP contribution in [0, 0.1) is 11.6 Å². The molecule has 7 nitrogen and oxygen atoms in total. The SMILES string of the molecule is O=C(CC1CSc2nc3c(cnn3-c3cccc(Cl)c3)c(=O)n21)Nc1ccc(F)c(F)c1. The summed E-state index contributed by atoms with van der Waals surface area (Å²) in [5.74, 6) is -1.99. The van der Waals surface area contributed by atoms with Crippen molar-refractivity contribution >= 4 is 46.0 Å². The number of hydrogen-bond donors (Lipinski definition) is 1. The zero-order valence-corrected chi connectivity index (χ0v) is 17.8. The lowest BCUT2D eigenvalue weighted by molar-refractivity contribution is -0.116.